The van der Waals surface area contributed by atoms with Gasteiger partial charge in [0.15, 0.2) is 12.2 Å². The van der Waals surface area contributed by atoms with E-state index in [1.807, 2.05) is 11.8 Å². The van der Waals surface area contributed by atoms with Crippen LogP contribution in [0.2, 0.25) is 0 Å². The summed E-state index contributed by atoms with van der Waals surface area (Å²) in [5.74, 6) is -4.14. The molecule has 0 aliphatic carbocycles. The molecule has 14 heteroatoms. The van der Waals surface area contributed by atoms with Gasteiger partial charge < -0.3 is 30.2 Å². The molecule has 0 bridgehead atoms. The van der Waals surface area contributed by atoms with Gasteiger partial charge in [-0.1, -0.05) is 45.4 Å². The highest BCUT2D eigenvalue weighted by Gasteiger charge is 2.56. The first-order chi connectivity index (χ1) is 19.3. The number of aliphatic hydroxyl groups is 2. The van der Waals surface area contributed by atoms with E-state index in [9.17, 15) is 27.6 Å². The van der Waals surface area contributed by atoms with Gasteiger partial charge in [0.05, 0.1) is 24.3 Å². The molecule has 41 heavy (non-hydrogen) atoms. The number of aliphatic hydroxyl groups excluding tert-OH is 2. The van der Waals surface area contributed by atoms with Gasteiger partial charge in [0, 0.05) is 13.0 Å². The number of likely N-dealkylation sites (tertiary alicyclic amines) is 2. The first kappa shape index (κ1) is 34.9. The maximum absolute atomic E-state index is 12.9. The lowest BCUT2D eigenvalue weighted by atomic mass is 9.94. The molecule has 5 atom stereocenters. The average Bonchev–Trinajstić information content (AvgIpc) is 3.40. The van der Waals surface area contributed by atoms with Crippen LogP contribution >= 0.6 is 0 Å². The molecule has 2 amide bonds. The average molecular weight is 606 g/mol. The van der Waals surface area contributed by atoms with Gasteiger partial charge in [0.1, 0.15) is 0 Å². The van der Waals surface area contributed by atoms with Crippen LogP contribution < -0.4 is 0 Å². The normalized spacial score (nSPS) is 23.8. The first-order valence-electron chi connectivity index (χ1n) is 14.7. The fourth-order valence-electron chi connectivity index (χ4n) is 5.83. The van der Waals surface area contributed by atoms with Crippen molar-refractivity contribution in [2.45, 2.75) is 108 Å². The minimum absolute atomic E-state index is 0.0892. The third-order valence-electron chi connectivity index (χ3n) is 8.06. The molecule has 0 radical (unpaired) electrons. The summed E-state index contributed by atoms with van der Waals surface area (Å²) in [5, 5.41) is 32.5. The second kappa shape index (κ2) is 16.4. The van der Waals surface area contributed by atoms with Crippen molar-refractivity contribution in [1.29, 1.82) is 0 Å². The number of hydrogen-bond acceptors (Lipinski definition) is 9. The second-order valence-electron chi connectivity index (χ2n) is 11.2. The van der Waals surface area contributed by atoms with E-state index in [0.29, 0.717) is 25.8 Å². The maximum Gasteiger partial charge on any atom is 0.335 e. The number of aliphatic carboxylic acids is 2. The van der Waals surface area contributed by atoms with Crippen LogP contribution in [0.1, 0.15) is 84.0 Å². The molecule has 0 aromatic heterocycles. The number of hydrogen-bond donors (Lipinski definition) is 4. The number of rotatable bonds is 16. The molecule has 3 saturated heterocycles. The molecular weight excluding hydrogens is 558 g/mol. The fourth-order valence-corrected chi connectivity index (χ4v) is 7.02. The number of carboxylic acids is 2. The molecular formula is C27H47N3O10S. The molecule has 0 spiro atoms. The predicted octanol–water partition coefficient (Wildman–Crippen LogP) is 0.878. The zero-order valence-corrected chi connectivity index (χ0v) is 25.0. The Balaban J connectivity index is 0.000000503. The van der Waals surface area contributed by atoms with E-state index in [2.05, 4.69) is 4.90 Å². The van der Waals surface area contributed by atoms with Gasteiger partial charge in [-0.05, 0) is 51.7 Å². The highest BCUT2D eigenvalue weighted by molar-refractivity contribution is 7.88. The smallest absolute Gasteiger partial charge is 0.335 e. The van der Waals surface area contributed by atoms with Crippen LogP contribution in [0.3, 0.4) is 0 Å². The third kappa shape index (κ3) is 9.90. The lowest BCUT2D eigenvalue weighted by Gasteiger charge is -2.30. The highest BCUT2D eigenvalue weighted by Crippen LogP contribution is 2.40. The first-order valence-corrected chi connectivity index (χ1v) is 16.5. The van der Waals surface area contributed by atoms with Gasteiger partial charge in [-0.3, -0.25) is 9.59 Å². The van der Waals surface area contributed by atoms with Gasteiger partial charge >= 0.3 is 11.9 Å². The number of unbranched alkanes of at least 4 members (excludes halogenated alkanes) is 6. The Labute approximate surface area is 242 Å². The van der Waals surface area contributed by atoms with E-state index in [4.69, 9.17) is 20.4 Å². The molecule has 3 aliphatic rings. The number of nitrogens with zero attached hydrogens (tertiary/aromatic N) is 3. The molecule has 3 aliphatic heterocycles. The Morgan fingerprint density at radius 2 is 1.44 bits per heavy atom. The van der Waals surface area contributed by atoms with Crippen LogP contribution in [-0.2, 0) is 29.2 Å². The highest BCUT2D eigenvalue weighted by atomic mass is 32.2. The van der Waals surface area contributed by atoms with Crippen LogP contribution in [0.4, 0.5) is 0 Å². The zero-order chi connectivity index (χ0) is 30.7. The third-order valence-corrected chi connectivity index (χ3v) is 9.23. The maximum atomic E-state index is 12.9. The standard InChI is InChI=1S/C23H41N3O4S.C4H6O6/c1-3-12-19-22-20(26(23(19)28)31(2,29)30)14-18-25(22)21(27)13-9-7-5-4-6-8-10-15-24-16-11-17-24;5-1(3(7)8)2(6)4(9)10/h19-20,22H,3-18H2,1-2H3;1-2,5-6H,(H,7,8)(H,9,10)/t19-,20+,22-;/m1./s1. The van der Waals surface area contributed by atoms with Crippen LogP contribution in [0.25, 0.3) is 0 Å². The van der Waals surface area contributed by atoms with Crippen molar-refractivity contribution in [1.82, 2.24) is 14.1 Å². The van der Waals surface area contributed by atoms with E-state index < -0.39 is 34.2 Å². The monoisotopic (exact) mass is 605 g/mol. The Hall–Kier alpha value is -2.29. The number of sulfonamides is 1. The summed E-state index contributed by atoms with van der Waals surface area (Å²) in [5.41, 5.74) is 0. The summed E-state index contributed by atoms with van der Waals surface area (Å²) in [6.07, 6.45) is 8.66. The largest absolute Gasteiger partial charge is 0.479 e. The van der Waals surface area contributed by atoms with Gasteiger partial charge in [-0.15, -0.1) is 0 Å². The Morgan fingerprint density at radius 3 is 1.90 bits per heavy atom. The van der Waals surface area contributed by atoms with Crippen molar-refractivity contribution in [3.63, 3.8) is 0 Å². The van der Waals surface area contributed by atoms with Crippen molar-refractivity contribution < 1.29 is 48.0 Å². The molecule has 236 valence electrons. The molecule has 0 saturated carbocycles. The van der Waals surface area contributed by atoms with Crippen LogP contribution in [0, 0.1) is 5.92 Å². The number of fused-ring (bicyclic) bond motifs is 1. The van der Waals surface area contributed by atoms with E-state index in [1.165, 1.54) is 58.2 Å². The van der Waals surface area contributed by atoms with E-state index in [1.54, 1.807) is 0 Å². The van der Waals surface area contributed by atoms with Crippen LogP contribution in [-0.4, -0.2) is 123 Å². The Bertz CT molecular complexity index is 985. The number of carbonyl (C=O) groups excluding carboxylic acids is 2. The summed E-state index contributed by atoms with van der Waals surface area (Å²) in [6, 6.07) is -0.652. The van der Waals surface area contributed by atoms with Gasteiger partial charge in [-0.25, -0.2) is 22.3 Å². The summed E-state index contributed by atoms with van der Waals surface area (Å²) in [6.45, 7) is 6.38. The SMILES string of the molecule is CCC[C@H]1C(=O)N(S(C)(=O)=O)[C@H]2CCN(C(=O)CCCCCCCCCN3CCC3)[C@H]12.O=C(O)C(O)C(O)C(=O)O. The van der Waals surface area contributed by atoms with E-state index >= 15 is 0 Å². The molecule has 0 aromatic rings. The minimum atomic E-state index is -3.60. The number of amides is 2. The quantitative estimate of drug-likeness (QED) is 0.183. The second-order valence-corrected chi connectivity index (χ2v) is 13.1. The fraction of sp³-hybridized carbons (Fsp3) is 0.852. The molecule has 0 aromatic carbocycles. The van der Waals surface area contributed by atoms with Crippen LogP contribution in [0.15, 0.2) is 0 Å². The Morgan fingerprint density at radius 1 is 0.902 bits per heavy atom. The molecule has 13 nitrogen and oxygen atoms in total. The van der Waals surface area contributed by atoms with Gasteiger partial charge in [-0.2, -0.15) is 0 Å². The van der Waals surface area contributed by atoms with Crippen LogP contribution in [0.5, 0.6) is 0 Å². The summed E-state index contributed by atoms with van der Waals surface area (Å²) in [4.78, 5) is 49.6. The minimum Gasteiger partial charge on any atom is -0.479 e. The lowest BCUT2D eigenvalue weighted by molar-refractivity contribution is -0.165. The van der Waals surface area contributed by atoms with Gasteiger partial charge in [0.25, 0.3) is 0 Å². The predicted molar refractivity (Wildman–Crippen MR) is 149 cm³/mol. The number of carbonyl (C=O) groups is 4. The van der Waals surface area contributed by atoms with Crippen molar-refractivity contribution in [2.24, 2.45) is 5.92 Å². The molecule has 2 unspecified atom stereocenters. The summed E-state index contributed by atoms with van der Waals surface area (Å²) >= 11 is 0. The molecule has 3 fully saturated rings. The summed E-state index contributed by atoms with van der Waals surface area (Å²) < 4.78 is 25.5. The topological polar surface area (TPSA) is 193 Å². The molecule has 3 heterocycles. The number of carboxylic acid groups (broad SMARTS) is 2. The van der Waals surface area contributed by atoms with E-state index in [0.717, 1.165) is 29.8 Å². The van der Waals surface area contributed by atoms with E-state index in [-0.39, 0.29) is 29.8 Å². The van der Waals surface area contributed by atoms with Crippen molar-refractivity contribution in [2.75, 3.05) is 32.4 Å². The van der Waals surface area contributed by atoms with Crippen molar-refractivity contribution in [3.8, 4) is 0 Å². The molecule has 3 rings (SSSR count). The van der Waals surface area contributed by atoms with Crippen molar-refractivity contribution >= 4 is 33.8 Å². The zero-order valence-electron chi connectivity index (χ0n) is 24.2. The Kier molecular flexibility index (Phi) is 13.9. The van der Waals surface area contributed by atoms with Gasteiger partial charge in [0.2, 0.25) is 21.8 Å². The summed E-state index contributed by atoms with van der Waals surface area (Å²) in [7, 11) is -3.60. The lowest BCUT2D eigenvalue weighted by Crippen LogP contribution is -2.43. The molecule has 4 N–H and O–H groups in total. The van der Waals surface area contributed by atoms with Crippen molar-refractivity contribution in [3.05, 3.63) is 0 Å².